The van der Waals surface area contributed by atoms with Crippen LogP contribution in [0.2, 0.25) is 0 Å². The molecule has 0 amide bonds. The van der Waals surface area contributed by atoms with E-state index in [1.54, 1.807) is 30.5 Å². The van der Waals surface area contributed by atoms with Crippen LogP contribution in [0.3, 0.4) is 0 Å². The molecule has 0 aliphatic rings. The molecule has 5 nitrogen and oxygen atoms in total. The maximum Gasteiger partial charge on any atom is 0.331 e. The Morgan fingerprint density at radius 3 is 2.10 bits per heavy atom. The molecular weight excluding hydrogens is 445 g/mol. The molecule has 2 aromatic heterocycles. The second-order valence-corrected chi connectivity index (χ2v) is 6.64. The summed E-state index contributed by atoms with van der Waals surface area (Å²) in [6.45, 7) is 0. The predicted molar refractivity (Wildman–Crippen MR) is 121 cm³/mol. The first-order chi connectivity index (χ1) is 14.1. The number of imidazole rings is 1. The molecule has 0 unspecified atom stereocenters. The Labute approximate surface area is 187 Å². The molecule has 0 bridgehead atoms. The zero-order chi connectivity index (χ0) is 20.0. The third-order valence-electron chi connectivity index (χ3n) is 4.85. The Balaban J connectivity index is 0.00000136. The molecule has 0 aliphatic carbocycles. The van der Waals surface area contributed by atoms with Gasteiger partial charge in [0.05, 0.1) is 28.6 Å². The highest BCUT2D eigenvalue weighted by Gasteiger charge is 2.14. The highest BCUT2D eigenvalue weighted by molar-refractivity contribution is 5.87. The van der Waals surface area contributed by atoms with Crippen molar-refractivity contribution in [2.45, 2.75) is 0 Å². The third kappa shape index (κ3) is 3.97. The topological polar surface area (TPSA) is 66.5 Å². The fourth-order valence-corrected chi connectivity index (χ4v) is 3.46. The largest absolute Gasteiger partial charge is 0.331 e. The average molecular weight is 461 g/mol. The molecule has 0 radical (unpaired) electrons. The number of benzene rings is 3. The number of nitrogens with zero attached hydrogens (tertiary/aromatic N) is 2. The molecular formula is C22H16Cl2F2N4O. The highest BCUT2D eigenvalue weighted by atomic mass is 35.5. The van der Waals surface area contributed by atoms with Gasteiger partial charge in [0.15, 0.2) is 0 Å². The van der Waals surface area contributed by atoms with Gasteiger partial charge in [-0.15, -0.1) is 24.8 Å². The third-order valence-corrected chi connectivity index (χ3v) is 4.85. The van der Waals surface area contributed by atoms with Gasteiger partial charge in [0, 0.05) is 11.1 Å². The number of hydrogen-bond donors (Lipinski definition) is 2. The second kappa shape index (κ2) is 8.75. The molecule has 3 aromatic carbocycles. The number of hydrogen-bond acceptors (Lipinski definition) is 2. The first kappa shape index (κ1) is 22.3. The summed E-state index contributed by atoms with van der Waals surface area (Å²) in [5, 5.41) is 7.09. The van der Waals surface area contributed by atoms with E-state index in [2.05, 4.69) is 15.2 Å². The van der Waals surface area contributed by atoms with E-state index in [4.69, 9.17) is 0 Å². The van der Waals surface area contributed by atoms with Crippen LogP contribution in [-0.4, -0.2) is 19.7 Å². The molecule has 5 rings (SSSR count). The molecule has 2 N–H and O–H groups in total. The highest BCUT2D eigenvalue weighted by Crippen LogP contribution is 2.32. The van der Waals surface area contributed by atoms with E-state index in [-0.39, 0.29) is 42.1 Å². The summed E-state index contributed by atoms with van der Waals surface area (Å²) < 4.78 is 28.1. The lowest BCUT2D eigenvalue weighted by Crippen LogP contribution is -2.14. The summed E-state index contributed by atoms with van der Waals surface area (Å²) in [6.07, 6.45) is 1.69. The van der Waals surface area contributed by atoms with Crippen LogP contribution >= 0.6 is 24.8 Å². The molecule has 0 spiro atoms. The maximum absolute atomic E-state index is 13.3. The van der Waals surface area contributed by atoms with Crippen molar-refractivity contribution in [1.29, 1.82) is 0 Å². The monoisotopic (exact) mass is 460 g/mol. The zero-order valence-corrected chi connectivity index (χ0v) is 17.4. The quantitative estimate of drug-likeness (QED) is 0.373. The van der Waals surface area contributed by atoms with E-state index in [1.165, 1.54) is 28.8 Å². The Hall–Kier alpha value is -3.42. The molecule has 5 aromatic rings. The Bertz CT molecular complexity index is 1390. The fraction of sp³-hybridized carbons (Fsp3) is 0. The standard InChI is InChI=1S/C22H14F2N4O.2ClH/c23-15-4-1-13(2-5-15)21-18(12-25-27-21)14-3-10-19-20(11-14)28(22(29)26-19)17-8-6-16(24)7-9-17;;/h1-12H,(H,25,27)(H,26,29);2*1H. The molecule has 2 heterocycles. The van der Waals surface area contributed by atoms with Gasteiger partial charge in [-0.3, -0.25) is 9.67 Å². The van der Waals surface area contributed by atoms with Gasteiger partial charge in [-0.1, -0.05) is 6.07 Å². The van der Waals surface area contributed by atoms with Crippen LogP contribution in [0, 0.1) is 11.6 Å². The van der Waals surface area contributed by atoms with Crippen molar-refractivity contribution in [1.82, 2.24) is 19.7 Å². The van der Waals surface area contributed by atoms with Crippen molar-refractivity contribution in [3.05, 3.63) is 95.0 Å². The number of aromatic amines is 2. The number of nitrogens with one attached hydrogen (secondary N) is 2. The van der Waals surface area contributed by atoms with Gasteiger partial charge >= 0.3 is 5.69 Å². The van der Waals surface area contributed by atoms with Crippen LogP contribution in [-0.2, 0) is 0 Å². The average Bonchev–Trinajstić information content (AvgIpc) is 3.33. The number of halogens is 4. The first-order valence-corrected chi connectivity index (χ1v) is 8.90. The van der Waals surface area contributed by atoms with E-state index in [9.17, 15) is 13.6 Å². The fourth-order valence-electron chi connectivity index (χ4n) is 3.46. The van der Waals surface area contributed by atoms with E-state index in [1.807, 2.05) is 18.2 Å². The lowest BCUT2D eigenvalue weighted by molar-refractivity contribution is 0.627. The molecule has 0 atom stereocenters. The summed E-state index contributed by atoms with van der Waals surface area (Å²) in [5.74, 6) is -0.684. The Morgan fingerprint density at radius 2 is 1.42 bits per heavy atom. The molecule has 0 saturated carbocycles. The van der Waals surface area contributed by atoms with Crippen LogP contribution < -0.4 is 5.69 Å². The molecule has 158 valence electrons. The lowest BCUT2D eigenvalue weighted by Gasteiger charge is -2.07. The SMILES string of the molecule is Cl.Cl.O=c1[nH]c2ccc(-c3cn[nH]c3-c3ccc(F)cc3)cc2n1-c1ccc(F)cc1. The van der Waals surface area contributed by atoms with Gasteiger partial charge in [-0.2, -0.15) is 5.10 Å². The summed E-state index contributed by atoms with van der Waals surface area (Å²) in [7, 11) is 0. The van der Waals surface area contributed by atoms with Gasteiger partial charge in [0.25, 0.3) is 0 Å². The van der Waals surface area contributed by atoms with E-state index >= 15 is 0 Å². The summed E-state index contributed by atoms with van der Waals surface area (Å²) in [4.78, 5) is 15.3. The van der Waals surface area contributed by atoms with Gasteiger partial charge < -0.3 is 4.98 Å². The minimum atomic E-state index is -0.371. The summed E-state index contributed by atoms with van der Waals surface area (Å²) in [6, 6.07) is 17.4. The maximum atomic E-state index is 13.3. The zero-order valence-electron chi connectivity index (χ0n) is 15.8. The molecule has 0 fully saturated rings. The molecule has 0 saturated heterocycles. The Morgan fingerprint density at radius 1 is 0.806 bits per heavy atom. The van der Waals surface area contributed by atoms with Gasteiger partial charge in [0.1, 0.15) is 11.6 Å². The van der Waals surface area contributed by atoms with Gasteiger partial charge in [-0.25, -0.2) is 13.6 Å². The molecule has 31 heavy (non-hydrogen) atoms. The van der Waals surface area contributed by atoms with E-state index in [0.29, 0.717) is 16.7 Å². The minimum Gasteiger partial charge on any atom is -0.305 e. The van der Waals surface area contributed by atoms with Crippen LogP contribution in [0.1, 0.15) is 0 Å². The van der Waals surface area contributed by atoms with Gasteiger partial charge in [0.2, 0.25) is 0 Å². The smallest absolute Gasteiger partial charge is 0.305 e. The van der Waals surface area contributed by atoms with Crippen molar-refractivity contribution >= 4 is 35.8 Å². The second-order valence-electron chi connectivity index (χ2n) is 6.64. The van der Waals surface area contributed by atoms with Crippen LogP contribution in [0.4, 0.5) is 8.78 Å². The minimum absolute atomic E-state index is 0. The van der Waals surface area contributed by atoms with Crippen molar-refractivity contribution in [2.75, 3.05) is 0 Å². The van der Waals surface area contributed by atoms with Crippen molar-refractivity contribution in [2.24, 2.45) is 0 Å². The van der Waals surface area contributed by atoms with E-state index < -0.39 is 0 Å². The van der Waals surface area contributed by atoms with Gasteiger partial charge in [-0.05, 0) is 66.2 Å². The number of aromatic nitrogens is 4. The summed E-state index contributed by atoms with van der Waals surface area (Å²) >= 11 is 0. The van der Waals surface area contributed by atoms with Crippen molar-refractivity contribution in [3.63, 3.8) is 0 Å². The van der Waals surface area contributed by atoms with Crippen molar-refractivity contribution in [3.8, 4) is 28.1 Å². The molecule has 9 heteroatoms. The normalized spacial score (nSPS) is 10.5. The first-order valence-electron chi connectivity index (χ1n) is 8.90. The lowest BCUT2D eigenvalue weighted by atomic mass is 10.0. The Kier molecular flexibility index (Phi) is 6.29. The molecule has 0 aliphatic heterocycles. The van der Waals surface area contributed by atoms with Crippen LogP contribution in [0.5, 0.6) is 0 Å². The van der Waals surface area contributed by atoms with Crippen LogP contribution in [0.15, 0.2) is 77.7 Å². The number of fused-ring (bicyclic) bond motifs is 1. The van der Waals surface area contributed by atoms with Crippen LogP contribution in [0.25, 0.3) is 39.1 Å². The summed E-state index contributed by atoms with van der Waals surface area (Å²) in [5.41, 5.74) is 4.76. The number of rotatable bonds is 3. The van der Waals surface area contributed by atoms with E-state index in [0.717, 1.165) is 22.4 Å². The predicted octanol–water partition coefficient (Wildman–Crippen LogP) is 5.50. The van der Waals surface area contributed by atoms with Crippen molar-refractivity contribution < 1.29 is 8.78 Å². The number of H-pyrrole nitrogens is 2.